The first-order chi connectivity index (χ1) is 8.41. The first-order valence-electron chi connectivity index (χ1n) is 4.61. The van der Waals surface area contributed by atoms with Crippen LogP contribution >= 0.6 is 27.5 Å². The summed E-state index contributed by atoms with van der Waals surface area (Å²) in [5.41, 5.74) is -2.09. The molecule has 0 amide bonds. The molecule has 0 saturated heterocycles. The number of H-pyrrole nitrogens is 1. The fourth-order valence-electron chi connectivity index (χ4n) is 1.39. The van der Waals surface area contributed by atoms with Gasteiger partial charge in [0.2, 0.25) is 11.7 Å². The van der Waals surface area contributed by atoms with Crippen molar-refractivity contribution in [3.63, 3.8) is 0 Å². The minimum absolute atomic E-state index is 0.150. The molecule has 0 saturated carbocycles. The van der Waals surface area contributed by atoms with E-state index in [9.17, 15) is 19.1 Å². The van der Waals surface area contributed by atoms with Crippen LogP contribution < -0.4 is 11.2 Å². The number of benzene rings is 1. The molecule has 0 spiro atoms. The van der Waals surface area contributed by atoms with Gasteiger partial charge in [0.1, 0.15) is 0 Å². The highest BCUT2D eigenvalue weighted by Gasteiger charge is 2.16. The highest BCUT2D eigenvalue weighted by atomic mass is 79.9. The Kier molecular flexibility index (Phi) is 3.27. The molecule has 0 aliphatic heterocycles. The van der Waals surface area contributed by atoms with Crippen molar-refractivity contribution in [2.24, 2.45) is 0 Å². The van der Waals surface area contributed by atoms with E-state index < -0.39 is 22.9 Å². The topological polar surface area (TPSA) is 75.1 Å². The van der Waals surface area contributed by atoms with Gasteiger partial charge in [-0.25, -0.2) is 9.36 Å². The minimum atomic E-state index is -1.43. The van der Waals surface area contributed by atoms with E-state index in [0.29, 0.717) is 14.1 Å². The molecule has 8 heteroatoms. The van der Waals surface area contributed by atoms with Gasteiger partial charge in [-0.2, -0.15) is 4.39 Å². The third kappa shape index (κ3) is 2.06. The maximum atomic E-state index is 13.3. The van der Waals surface area contributed by atoms with E-state index in [1.54, 1.807) is 4.98 Å². The lowest BCUT2D eigenvalue weighted by molar-refractivity contribution is 0.386. The van der Waals surface area contributed by atoms with Crippen molar-refractivity contribution in [1.82, 2.24) is 9.55 Å². The van der Waals surface area contributed by atoms with E-state index in [4.69, 9.17) is 11.6 Å². The van der Waals surface area contributed by atoms with Crippen LogP contribution in [0.15, 0.2) is 32.3 Å². The molecule has 1 heterocycles. The maximum absolute atomic E-state index is 13.3. The van der Waals surface area contributed by atoms with Crippen LogP contribution in [0.3, 0.4) is 0 Å². The van der Waals surface area contributed by atoms with Crippen LogP contribution in [0.2, 0.25) is 5.02 Å². The molecule has 1 aromatic carbocycles. The van der Waals surface area contributed by atoms with E-state index in [1.165, 1.54) is 18.2 Å². The van der Waals surface area contributed by atoms with E-state index in [1.807, 2.05) is 0 Å². The van der Waals surface area contributed by atoms with Gasteiger partial charge in [0, 0.05) is 9.50 Å². The molecule has 5 nitrogen and oxygen atoms in total. The zero-order valence-electron chi connectivity index (χ0n) is 8.58. The molecule has 0 radical (unpaired) electrons. The van der Waals surface area contributed by atoms with Gasteiger partial charge in [0.25, 0.3) is 5.56 Å². The van der Waals surface area contributed by atoms with Crippen molar-refractivity contribution < 1.29 is 9.50 Å². The summed E-state index contributed by atoms with van der Waals surface area (Å²) in [6, 6.07) is 4.31. The van der Waals surface area contributed by atoms with Gasteiger partial charge >= 0.3 is 5.69 Å². The Morgan fingerprint density at radius 3 is 2.67 bits per heavy atom. The number of hydrogen-bond acceptors (Lipinski definition) is 3. The molecular formula is C10H5BrClFN2O3. The summed E-state index contributed by atoms with van der Waals surface area (Å²) in [5, 5.41) is 9.91. The van der Waals surface area contributed by atoms with Gasteiger partial charge in [0.15, 0.2) is 0 Å². The Morgan fingerprint density at radius 1 is 1.39 bits per heavy atom. The van der Waals surface area contributed by atoms with Gasteiger partial charge in [-0.05, 0) is 34.1 Å². The van der Waals surface area contributed by atoms with Gasteiger partial charge in [0.05, 0.1) is 5.69 Å². The Hall–Kier alpha value is -1.60. The van der Waals surface area contributed by atoms with Crippen molar-refractivity contribution in [2.45, 2.75) is 0 Å². The zero-order chi connectivity index (χ0) is 13.4. The fourth-order valence-corrected chi connectivity index (χ4v) is 2.25. The second kappa shape index (κ2) is 4.58. The molecule has 0 bridgehead atoms. The average Bonchev–Trinajstić information content (AvgIpc) is 2.29. The molecule has 2 rings (SSSR count). The number of aromatic hydroxyl groups is 1. The van der Waals surface area contributed by atoms with E-state index in [0.717, 1.165) is 0 Å². The largest absolute Gasteiger partial charge is 0.492 e. The summed E-state index contributed by atoms with van der Waals surface area (Å²) >= 11 is 8.85. The van der Waals surface area contributed by atoms with Crippen LogP contribution in [0, 0.1) is 5.82 Å². The third-order valence-electron chi connectivity index (χ3n) is 2.18. The van der Waals surface area contributed by atoms with Gasteiger partial charge in [-0.3, -0.25) is 9.78 Å². The molecule has 2 N–H and O–H groups in total. The number of nitrogens with one attached hydrogen (secondary N) is 1. The lowest BCUT2D eigenvalue weighted by Crippen LogP contribution is -2.31. The number of aromatic nitrogens is 2. The molecule has 0 aliphatic carbocycles. The molecule has 2 aromatic rings. The van der Waals surface area contributed by atoms with Crippen LogP contribution in [0.4, 0.5) is 4.39 Å². The number of rotatable bonds is 1. The van der Waals surface area contributed by atoms with Gasteiger partial charge in [-0.1, -0.05) is 11.6 Å². The summed E-state index contributed by atoms with van der Waals surface area (Å²) in [4.78, 5) is 24.3. The molecule has 18 heavy (non-hydrogen) atoms. The maximum Gasteiger partial charge on any atom is 0.335 e. The molecule has 94 valence electrons. The number of nitrogens with zero attached hydrogens (tertiary/aromatic N) is 1. The van der Waals surface area contributed by atoms with Crippen molar-refractivity contribution >= 4 is 27.5 Å². The average molecular weight is 336 g/mol. The second-order valence-electron chi connectivity index (χ2n) is 3.33. The predicted molar refractivity (Wildman–Crippen MR) is 67.0 cm³/mol. The lowest BCUT2D eigenvalue weighted by Gasteiger charge is -2.10. The van der Waals surface area contributed by atoms with Gasteiger partial charge < -0.3 is 5.11 Å². The standard InChI is InChI=1S/C10H5BrClFN2O3/c11-5-3-4(12)1-2-6(5)15-9(17)7(13)8(16)14-10(15)18/h1-3,17H,(H,14,16,18). The normalized spacial score (nSPS) is 10.6. The van der Waals surface area contributed by atoms with Crippen molar-refractivity contribution in [2.75, 3.05) is 0 Å². The fraction of sp³-hybridized carbons (Fsp3) is 0. The Balaban J connectivity index is 2.84. The van der Waals surface area contributed by atoms with E-state index >= 15 is 0 Å². The van der Waals surface area contributed by atoms with Crippen molar-refractivity contribution in [1.29, 1.82) is 0 Å². The zero-order valence-corrected chi connectivity index (χ0v) is 10.9. The Morgan fingerprint density at radius 2 is 2.06 bits per heavy atom. The monoisotopic (exact) mass is 334 g/mol. The molecule has 0 atom stereocenters. The highest BCUT2D eigenvalue weighted by Crippen LogP contribution is 2.26. The van der Waals surface area contributed by atoms with Crippen LogP contribution in [0.1, 0.15) is 0 Å². The Bertz CT molecular complexity index is 741. The van der Waals surface area contributed by atoms with E-state index in [2.05, 4.69) is 15.9 Å². The summed E-state index contributed by atoms with van der Waals surface area (Å²) in [7, 11) is 0. The molecule has 0 fully saturated rings. The lowest BCUT2D eigenvalue weighted by atomic mass is 10.3. The van der Waals surface area contributed by atoms with Crippen LogP contribution in [0.5, 0.6) is 5.88 Å². The number of aromatic amines is 1. The summed E-state index contributed by atoms with van der Waals surface area (Å²) < 4.78 is 14.3. The number of hydrogen-bond donors (Lipinski definition) is 2. The number of halogens is 3. The summed E-state index contributed by atoms with van der Waals surface area (Å²) in [6.45, 7) is 0. The van der Waals surface area contributed by atoms with E-state index in [-0.39, 0.29) is 5.69 Å². The van der Waals surface area contributed by atoms with Crippen LogP contribution in [-0.4, -0.2) is 14.7 Å². The molecule has 1 aromatic heterocycles. The Labute approximate surface area is 113 Å². The highest BCUT2D eigenvalue weighted by molar-refractivity contribution is 9.10. The van der Waals surface area contributed by atoms with Crippen molar-refractivity contribution in [3.05, 3.63) is 54.3 Å². The molecule has 0 aliphatic rings. The predicted octanol–water partition coefficient (Wildman–Crippen LogP) is 1.79. The smallest absolute Gasteiger partial charge is 0.335 e. The summed E-state index contributed by atoms with van der Waals surface area (Å²) in [6.07, 6.45) is 0. The third-order valence-corrected chi connectivity index (χ3v) is 3.05. The minimum Gasteiger partial charge on any atom is -0.492 e. The van der Waals surface area contributed by atoms with Gasteiger partial charge in [-0.15, -0.1) is 0 Å². The molecular weight excluding hydrogens is 330 g/mol. The quantitative estimate of drug-likeness (QED) is 0.834. The molecule has 0 unspecified atom stereocenters. The van der Waals surface area contributed by atoms with Crippen LogP contribution in [0.25, 0.3) is 5.69 Å². The second-order valence-corrected chi connectivity index (χ2v) is 4.62. The first kappa shape index (κ1) is 12.8. The summed E-state index contributed by atoms with van der Waals surface area (Å²) in [5.74, 6) is -2.50. The van der Waals surface area contributed by atoms with Crippen LogP contribution in [-0.2, 0) is 0 Å². The van der Waals surface area contributed by atoms with Crippen molar-refractivity contribution in [3.8, 4) is 11.6 Å². The SMILES string of the molecule is O=c1[nH]c(=O)n(-c2ccc(Cl)cc2Br)c(O)c1F. The first-order valence-corrected chi connectivity index (χ1v) is 5.78.